The molecule has 3 N–H and O–H groups in total. The molecule has 94 valence electrons. The van der Waals surface area contributed by atoms with E-state index in [9.17, 15) is 0 Å². The summed E-state index contributed by atoms with van der Waals surface area (Å²) in [4.78, 5) is 0.906. The van der Waals surface area contributed by atoms with Crippen LogP contribution < -0.4 is 5.73 Å². The van der Waals surface area contributed by atoms with Crippen LogP contribution in [0.4, 0.5) is 0 Å². The SMILES string of the molecule is COCCCSc1cc(Cl)ccc1C(N)=NO. The highest BCUT2D eigenvalue weighted by atomic mass is 35.5. The quantitative estimate of drug-likeness (QED) is 0.209. The van der Waals surface area contributed by atoms with Gasteiger partial charge < -0.3 is 15.7 Å². The van der Waals surface area contributed by atoms with Crippen molar-refractivity contribution in [3.05, 3.63) is 28.8 Å². The second kappa shape index (κ2) is 7.42. The highest BCUT2D eigenvalue weighted by molar-refractivity contribution is 7.99. The number of amidine groups is 1. The maximum atomic E-state index is 8.69. The highest BCUT2D eigenvalue weighted by Crippen LogP contribution is 2.26. The Kier molecular flexibility index (Phi) is 6.18. The molecule has 0 unspecified atom stereocenters. The van der Waals surface area contributed by atoms with E-state index in [0.717, 1.165) is 17.1 Å². The maximum absolute atomic E-state index is 8.69. The van der Waals surface area contributed by atoms with Gasteiger partial charge in [-0.3, -0.25) is 0 Å². The molecular weight excluding hydrogens is 260 g/mol. The van der Waals surface area contributed by atoms with Gasteiger partial charge in [0.25, 0.3) is 0 Å². The fourth-order valence-electron chi connectivity index (χ4n) is 1.27. The molecule has 6 heteroatoms. The third-order valence-corrected chi connectivity index (χ3v) is 3.45. The van der Waals surface area contributed by atoms with Crippen LogP contribution in [0.1, 0.15) is 12.0 Å². The van der Waals surface area contributed by atoms with Gasteiger partial charge in [-0.2, -0.15) is 0 Å². The Hall–Kier alpha value is -0.910. The number of hydrogen-bond acceptors (Lipinski definition) is 4. The highest BCUT2D eigenvalue weighted by Gasteiger charge is 2.08. The fourth-order valence-corrected chi connectivity index (χ4v) is 2.52. The van der Waals surface area contributed by atoms with Crippen LogP contribution in [0, 0.1) is 0 Å². The van der Waals surface area contributed by atoms with Gasteiger partial charge in [-0.25, -0.2) is 0 Å². The third-order valence-electron chi connectivity index (χ3n) is 2.08. The summed E-state index contributed by atoms with van der Waals surface area (Å²) >= 11 is 7.53. The van der Waals surface area contributed by atoms with E-state index in [1.54, 1.807) is 31.0 Å². The summed E-state index contributed by atoms with van der Waals surface area (Å²) in [6, 6.07) is 5.27. The number of nitrogens with two attached hydrogens (primary N) is 1. The number of methoxy groups -OCH3 is 1. The molecule has 0 atom stereocenters. The molecule has 0 radical (unpaired) electrons. The maximum Gasteiger partial charge on any atom is 0.171 e. The zero-order chi connectivity index (χ0) is 12.7. The molecule has 0 fully saturated rings. The first-order valence-electron chi connectivity index (χ1n) is 5.08. The molecule has 0 aromatic heterocycles. The minimum Gasteiger partial charge on any atom is -0.409 e. The zero-order valence-corrected chi connectivity index (χ0v) is 11.1. The fraction of sp³-hybridized carbons (Fsp3) is 0.364. The lowest BCUT2D eigenvalue weighted by molar-refractivity contribution is 0.200. The second-order valence-corrected chi connectivity index (χ2v) is 4.89. The molecule has 0 saturated heterocycles. The predicted octanol–water partition coefficient (Wildman–Crippen LogP) is 2.56. The number of rotatable bonds is 6. The molecule has 0 amide bonds. The minimum absolute atomic E-state index is 0.0934. The van der Waals surface area contributed by atoms with Gasteiger partial charge >= 0.3 is 0 Å². The van der Waals surface area contributed by atoms with Gasteiger partial charge in [0.15, 0.2) is 5.84 Å². The van der Waals surface area contributed by atoms with E-state index in [2.05, 4.69) is 5.16 Å². The van der Waals surface area contributed by atoms with Gasteiger partial charge in [-0.15, -0.1) is 11.8 Å². The van der Waals surface area contributed by atoms with Crippen LogP contribution in [0.15, 0.2) is 28.3 Å². The van der Waals surface area contributed by atoms with Crippen molar-refractivity contribution in [3.8, 4) is 0 Å². The summed E-state index contributed by atoms with van der Waals surface area (Å²) in [5.41, 5.74) is 6.29. The number of halogens is 1. The van der Waals surface area contributed by atoms with Crippen molar-refractivity contribution in [2.75, 3.05) is 19.5 Å². The Bertz CT molecular complexity index is 399. The molecule has 0 heterocycles. The Morgan fingerprint density at radius 1 is 1.59 bits per heavy atom. The summed E-state index contributed by atoms with van der Waals surface area (Å²) in [5, 5.41) is 12.3. The normalized spacial score (nSPS) is 11.8. The van der Waals surface area contributed by atoms with Crippen LogP contribution in [0.3, 0.4) is 0 Å². The summed E-state index contributed by atoms with van der Waals surface area (Å²) in [7, 11) is 1.67. The number of nitrogens with zero attached hydrogens (tertiary/aromatic N) is 1. The van der Waals surface area contributed by atoms with Crippen molar-refractivity contribution >= 4 is 29.2 Å². The molecule has 1 aromatic carbocycles. The monoisotopic (exact) mass is 274 g/mol. The van der Waals surface area contributed by atoms with E-state index < -0.39 is 0 Å². The Labute approximate surface area is 110 Å². The van der Waals surface area contributed by atoms with Crippen molar-refractivity contribution in [2.24, 2.45) is 10.9 Å². The summed E-state index contributed by atoms with van der Waals surface area (Å²) < 4.78 is 4.97. The van der Waals surface area contributed by atoms with E-state index in [-0.39, 0.29) is 5.84 Å². The van der Waals surface area contributed by atoms with Crippen molar-refractivity contribution in [1.82, 2.24) is 0 Å². The number of hydrogen-bond donors (Lipinski definition) is 2. The van der Waals surface area contributed by atoms with E-state index in [0.29, 0.717) is 17.2 Å². The van der Waals surface area contributed by atoms with E-state index in [1.807, 2.05) is 6.07 Å². The van der Waals surface area contributed by atoms with Crippen molar-refractivity contribution in [2.45, 2.75) is 11.3 Å². The average molecular weight is 275 g/mol. The lowest BCUT2D eigenvalue weighted by atomic mass is 10.2. The Balaban J connectivity index is 2.77. The number of thioether (sulfide) groups is 1. The molecule has 4 nitrogen and oxygen atoms in total. The second-order valence-electron chi connectivity index (χ2n) is 3.32. The van der Waals surface area contributed by atoms with Crippen LogP contribution in [-0.2, 0) is 4.74 Å². The molecule has 0 saturated carbocycles. The molecule has 17 heavy (non-hydrogen) atoms. The molecule has 1 rings (SSSR count). The number of benzene rings is 1. The van der Waals surface area contributed by atoms with Gasteiger partial charge in [0.05, 0.1) is 0 Å². The van der Waals surface area contributed by atoms with Crippen LogP contribution in [0.25, 0.3) is 0 Å². The molecule has 0 aliphatic rings. The van der Waals surface area contributed by atoms with Crippen LogP contribution in [-0.4, -0.2) is 30.5 Å². The van der Waals surface area contributed by atoms with Gasteiger partial charge in [0.1, 0.15) is 0 Å². The average Bonchev–Trinajstić information content (AvgIpc) is 2.34. The van der Waals surface area contributed by atoms with E-state index in [1.165, 1.54) is 0 Å². The molecule has 0 aliphatic heterocycles. The summed E-state index contributed by atoms with van der Waals surface area (Å²) in [6.45, 7) is 0.715. The minimum atomic E-state index is 0.0934. The first kappa shape index (κ1) is 14.2. The lowest BCUT2D eigenvalue weighted by Gasteiger charge is -2.08. The first-order valence-corrected chi connectivity index (χ1v) is 6.44. The van der Waals surface area contributed by atoms with Gasteiger partial charge in [0.2, 0.25) is 0 Å². The third kappa shape index (κ3) is 4.46. The predicted molar refractivity (Wildman–Crippen MR) is 71.2 cm³/mol. The van der Waals surface area contributed by atoms with Gasteiger partial charge in [0, 0.05) is 35.0 Å². The van der Waals surface area contributed by atoms with E-state index >= 15 is 0 Å². The van der Waals surface area contributed by atoms with Crippen LogP contribution >= 0.6 is 23.4 Å². The lowest BCUT2D eigenvalue weighted by Crippen LogP contribution is -2.14. The summed E-state index contributed by atoms with van der Waals surface area (Å²) in [6.07, 6.45) is 0.934. The van der Waals surface area contributed by atoms with Crippen LogP contribution in [0.2, 0.25) is 5.02 Å². The number of oxime groups is 1. The van der Waals surface area contributed by atoms with E-state index in [4.69, 9.17) is 27.3 Å². The summed E-state index contributed by atoms with van der Waals surface area (Å²) in [5.74, 6) is 0.982. The largest absolute Gasteiger partial charge is 0.409 e. The van der Waals surface area contributed by atoms with Crippen molar-refractivity contribution < 1.29 is 9.94 Å². The zero-order valence-electron chi connectivity index (χ0n) is 9.52. The molecule has 1 aromatic rings. The Morgan fingerprint density at radius 2 is 2.35 bits per heavy atom. The molecule has 0 spiro atoms. The Morgan fingerprint density at radius 3 is 3.00 bits per heavy atom. The first-order chi connectivity index (χ1) is 8.19. The van der Waals surface area contributed by atoms with Crippen molar-refractivity contribution in [1.29, 1.82) is 0 Å². The molecule has 0 aliphatic carbocycles. The van der Waals surface area contributed by atoms with Gasteiger partial charge in [-0.05, 0) is 24.6 Å². The van der Waals surface area contributed by atoms with Gasteiger partial charge in [-0.1, -0.05) is 16.8 Å². The van der Waals surface area contributed by atoms with Crippen LogP contribution in [0.5, 0.6) is 0 Å². The van der Waals surface area contributed by atoms with Crippen molar-refractivity contribution in [3.63, 3.8) is 0 Å². The standard InChI is InChI=1S/C11H15ClN2O2S/c1-16-5-2-6-17-10-7-8(12)3-4-9(10)11(13)14-15/h3-4,7,15H,2,5-6H2,1H3,(H2,13,14). The molecule has 0 bridgehead atoms. The molecular formula is C11H15ClN2O2S. The number of ether oxygens (including phenoxy) is 1. The topological polar surface area (TPSA) is 67.8 Å². The smallest absolute Gasteiger partial charge is 0.171 e.